The van der Waals surface area contributed by atoms with Crippen LogP contribution >= 0.6 is 11.3 Å². The molecule has 0 N–H and O–H groups in total. The molecule has 0 amide bonds. The van der Waals surface area contributed by atoms with Crippen molar-refractivity contribution in [3.05, 3.63) is 138 Å². The molecule has 0 spiro atoms. The van der Waals surface area contributed by atoms with Crippen LogP contribution < -0.4 is 24.4 Å². The average molecular weight is 627 g/mol. The topological polar surface area (TPSA) is 79.1 Å². The van der Waals surface area contributed by atoms with Gasteiger partial charge in [0.15, 0.2) is 16.3 Å². The number of benzene rings is 3. The van der Waals surface area contributed by atoms with Crippen molar-refractivity contribution >= 4 is 23.4 Å². The number of aromatic nitrogens is 1. The molecule has 9 heteroatoms. The van der Waals surface area contributed by atoms with Gasteiger partial charge in [-0.25, -0.2) is 14.2 Å². The number of halogens is 1. The summed E-state index contributed by atoms with van der Waals surface area (Å²) in [5.74, 6) is 0.121. The van der Waals surface area contributed by atoms with Gasteiger partial charge in [0.2, 0.25) is 0 Å². The number of nitrogens with zero attached hydrogens (tertiary/aromatic N) is 2. The summed E-state index contributed by atoms with van der Waals surface area (Å²) in [7, 11) is 0. The molecule has 0 saturated carbocycles. The van der Waals surface area contributed by atoms with E-state index in [1.165, 1.54) is 17.4 Å². The van der Waals surface area contributed by atoms with E-state index in [1.54, 1.807) is 54.8 Å². The minimum absolute atomic E-state index is 0.0238. The number of esters is 1. The van der Waals surface area contributed by atoms with Crippen LogP contribution in [0.2, 0.25) is 0 Å². The Labute approximate surface area is 265 Å². The zero-order chi connectivity index (χ0) is 32.1. The Morgan fingerprint density at radius 3 is 2.49 bits per heavy atom. The smallest absolute Gasteiger partial charge is 0.338 e. The highest BCUT2D eigenvalue weighted by Gasteiger charge is 2.33. The molecule has 0 radical (unpaired) electrons. The lowest BCUT2D eigenvalue weighted by molar-refractivity contribution is -0.139. The molecule has 45 heavy (non-hydrogen) atoms. The van der Waals surface area contributed by atoms with Crippen LogP contribution in [-0.2, 0) is 22.6 Å². The Kier molecular flexibility index (Phi) is 9.78. The highest BCUT2D eigenvalue weighted by atomic mass is 32.1. The number of aryl methyl sites for hydroxylation is 1. The van der Waals surface area contributed by atoms with Crippen LogP contribution in [0.5, 0.6) is 11.5 Å². The molecule has 0 unspecified atom stereocenters. The fraction of sp³-hybridized carbons (Fsp3) is 0.250. The van der Waals surface area contributed by atoms with E-state index in [4.69, 9.17) is 14.2 Å². The first kappa shape index (κ1) is 31.7. The van der Waals surface area contributed by atoms with Crippen molar-refractivity contribution in [3.63, 3.8) is 0 Å². The van der Waals surface area contributed by atoms with Crippen molar-refractivity contribution in [2.75, 3.05) is 13.2 Å². The van der Waals surface area contributed by atoms with Gasteiger partial charge in [-0.05, 0) is 69.5 Å². The molecule has 0 bridgehead atoms. The molecule has 0 saturated heterocycles. The maximum Gasteiger partial charge on any atom is 0.338 e. The third-order valence-electron chi connectivity index (χ3n) is 7.36. The largest absolute Gasteiger partial charge is 0.490 e. The van der Waals surface area contributed by atoms with E-state index >= 15 is 0 Å². The van der Waals surface area contributed by atoms with Crippen molar-refractivity contribution < 1.29 is 23.4 Å². The van der Waals surface area contributed by atoms with Crippen LogP contribution in [0, 0.1) is 12.7 Å². The summed E-state index contributed by atoms with van der Waals surface area (Å²) >= 11 is 1.25. The van der Waals surface area contributed by atoms with E-state index in [1.807, 2.05) is 44.2 Å². The predicted octanol–water partition coefficient (Wildman–Crippen LogP) is 5.95. The second-order valence-electron chi connectivity index (χ2n) is 10.5. The van der Waals surface area contributed by atoms with E-state index in [2.05, 4.69) is 11.6 Å². The van der Waals surface area contributed by atoms with E-state index in [9.17, 15) is 14.0 Å². The molecular weight excluding hydrogens is 591 g/mol. The number of hydrogen-bond donors (Lipinski definition) is 0. The summed E-state index contributed by atoms with van der Waals surface area (Å²) in [4.78, 5) is 32.4. The van der Waals surface area contributed by atoms with Crippen LogP contribution in [0.25, 0.3) is 6.08 Å². The van der Waals surface area contributed by atoms with Crippen LogP contribution in [0.1, 0.15) is 54.6 Å². The summed E-state index contributed by atoms with van der Waals surface area (Å²) < 4.78 is 33.8. The molecule has 1 aliphatic rings. The monoisotopic (exact) mass is 626 g/mol. The molecule has 1 aliphatic heterocycles. The van der Waals surface area contributed by atoms with Gasteiger partial charge in [0, 0.05) is 11.1 Å². The minimum Gasteiger partial charge on any atom is -0.490 e. The van der Waals surface area contributed by atoms with E-state index < -0.39 is 12.0 Å². The molecule has 5 rings (SSSR count). The van der Waals surface area contributed by atoms with Gasteiger partial charge in [-0.15, -0.1) is 6.58 Å². The van der Waals surface area contributed by atoms with Gasteiger partial charge in [0.25, 0.3) is 5.56 Å². The molecule has 0 fully saturated rings. The summed E-state index contributed by atoms with van der Waals surface area (Å²) in [6.45, 7) is 11.9. The van der Waals surface area contributed by atoms with E-state index in [0.29, 0.717) is 56.3 Å². The molecular formula is C36H35FN2O5S. The second-order valence-corrected chi connectivity index (χ2v) is 11.5. The molecule has 4 aromatic rings. The summed E-state index contributed by atoms with van der Waals surface area (Å²) in [6.07, 6.45) is 4.00. The molecule has 0 aliphatic carbocycles. The first-order valence-corrected chi connectivity index (χ1v) is 15.6. The lowest BCUT2D eigenvalue weighted by Crippen LogP contribution is -2.39. The van der Waals surface area contributed by atoms with Gasteiger partial charge in [0.05, 0.1) is 35.1 Å². The highest BCUT2D eigenvalue weighted by molar-refractivity contribution is 7.07. The molecule has 1 aromatic heterocycles. The van der Waals surface area contributed by atoms with Gasteiger partial charge >= 0.3 is 5.97 Å². The summed E-state index contributed by atoms with van der Waals surface area (Å²) in [5.41, 5.74) is 4.34. The Balaban J connectivity index is 1.63. The number of carbonyl (C=O) groups excluding carboxylic acids is 1. The number of hydrogen-bond acceptors (Lipinski definition) is 7. The quantitative estimate of drug-likeness (QED) is 0.152. The molecule has 1 atom stereocenters. The maximum absolute atomic E-state index is 14.3. The zero-order valence-electron chi connectivity index (χ0n) is 25.8. The first-order valence-electron chi connectivity index (χ1n) is 14.8. The van der Waals surface area contributed by atoms with Gasteiger partial charge in [-0.2, -0.15) is 0 Å². The van der Waals surface area contributed by atoms with Crippen LogP contribution in [-0.4, -0.2) is 23.8 Å². The SMILES string of the molecule is C=CCc1cc(/C=c2/sc3n(c2=O)[C@@H](c2ccc(C)cc2)C(C(=O)OCC)=C(C)N=3)cc(OCC)c1OCc1ccccc1F. The second kappa shape index (κ2) is 13.9. The number of fused-ring (bicyclic) bond motifs is 1. The van der Waals surface area contributed by atoms with E-state index in [-0.39, 0.29) is 24.6 Å². The summed E-state index contributed by atoms with van der Waals surface area (Å²) in [6, 6.07) is 17.2. The van der Waals surface area contributed by atoms with Gasteiger partial charge < -0.3 is 14.2 Å². The number of carbonyl (C=O) groups is 1. The fourth-order valence-corrected chi connectivity index (χ4v) is 6.32. The van der Waals surface area contributed by atoms with Gasteiger partial charge in [-0.3, -0.25) is 9.36 Å². The average Bonchev–Trinajstić information content (AvgIpc) is 3.31. The fourth-order valence-electron chi connectivity index (χ4n) is 5.27. The lowest BCUT2D eigenvalue weighted by Gasteiger charge is -2.24. The van der Waals surface area contributed by atoms with Crippen LogP contribution in [0.3, 0.4) is 0 Å². The van der Waals surface area contributed by atoms with Crippen molar-refractivity contribution in [2.45, 2.75) is 46.8 Å². The Morgan fingerprint density at radius 1 is 1.04 bits per heavy atom. The zero-order valence-corrected chi connectivity index (χ0v) is 26.6. The minimum atomic E-state index is -0.687. The van der Waals surface area contributed by atoms with Crippen molar-refractivity contribution in [1.29, 1.82) is 0 Å². The van der Waals surface area contributed by atoms with Crippen molar-refractivity contribution in [2.24, 2.45) is 4.99 Å². The lowest BCUT2D eigenvalue weighted by atomic mass is 9.95. The normalized spacial score (nSPS) is 14.5. The highest BCUT2D eigenvalue weighted by Crippen LogP contribution is 2.35. The molecule has 3 aromatic carbocycles. The number of rotatable bonds is 11. The number of thiazole rings is 1. The summed E-state index contributed by atoms with van der Waals surface area (Å²) in [5, 5.41) is 0. The third-order valence-corrected chi connectivity index (χ3v) is 8.34. The van der Waals surface area contributed by atoms with Crippen LogP contribution in [0.4, 0.5) is 4.39 Å². The number of ether oxygens (including phenoxy) is 3. The Bertz CT molecular complexity index is 1960. The Morgan fingerprint density at radius 2 is 1.80 bits per heavy atom. The molecule has 232 valence electrons. The first-order chi connectivity index (χ1) is 21.7. The third kappa shape index (κ3) is 6.68. The van der Waals surface area contributed by atoms with Gasteiger partial charge in [0.1, 0.15) is 12.4 Å². The predicted molar refractivity (Wildman–Crippen MR) is 174 cm³/mol. The number of allylic oxidation sites excluding steroid dienone is 2. The van der Waals surface area contributed by atoms with Crippen molar-refractivity contribution in [3.8, 4) is 11.5 Å². The standard InChI is InChI=1S/C36H35FN2O5S/c1-6-11-26-18-24(19-29(42-7-2)33(26)44-21-27-12-9-10-13-28(27)37)20-30-34(40)39-32(25-16-14-22(4)15-17-25)31(35(41)43-8-3)23(5)38-36(39)45-30/h6,9-10,12-20,32H,1,7-8,11,21H2,2-5H3/b30-20+/t32-/m0/s1. The molecule has 2 heterocycles. The molecule has 7 nitrogen and oxygen atoms in total. The Hall–Kier alpha value is -4.76. The maximum atomic E-state index is 14.3. The van der Waals surface area contributed by atoms with Crippen LogP contribution in [0.15, 0.2) is 94.4 Å². The van der Waals surface area contributed by atoms with Crippen molar-refractivity contribution in [1.82, 2.24) is 4.57 Å². The van der Waals surface area contributed by atoms with Gasteiger partial charge in [-0.1, -0.05) is 65.4 Å². The van der Waals surface area contributed by atoms with E-state index in [0.717, 1.165) is 16.7 Å².